The van der Waals surface area contributed by atoms with Crippen LogP contribution >= 0.6 is 0 Å². The molecule has 2 aromatic heterocycles. The molecule has 0 spiro atoms. The number of rotatable bonds is 2. The number of aliphatic hydroxyl groups excluding tert-OH is 1. The Hall–Kier alpha value is -1.75. The number of nitrogens with zero attached hydrogens (tertiary/aromatic N) is 3. The van der Waals surface area contributed by atoms with Crippen molar-refractivity contribution < 1.29 is 5.11 Å². The minimum absolute atomic E-state index is 0.0733. The maximum atomic E-state index is 12.3. The highest BCUT2D eigenvalue weighted by Gasteiger charge is 2.23. The normalized spacial score (nSPS) is 23.6. The molecule has 2 atom stereocenters. The average molecular weight is 259 g/mol. The number of hydrogen-bond acceptors (Lipinski definition) is 4. The summed E-state index contributed by atoms with van der Waals surface area (Å²) in [6.07, 6.45) is 6.88. The van der Waals surface area contributed by atoms with E-state index < -0.39 is 0 Å². The number of fused-ring (bicyclic) bond motifs is 1. The van der Waals surface area contributed by atoms with Gasteiger partial charge in [0.25, 0.3) is 5.56 Å². The van der Waals surface area contributed by atoms with E-state index in [0.29, 0.717) is 17.6 Å². The molecule has 3 rings (SSSR count). The van der Waals surface area contributed by atoms with Gasteiger partial charge in [0, 0.05) is 18.7 Å². The first kappa shape index (κ1) is 12.3. The molecule has 5 heteroatoms. The first-order chi connectivity index (χ1) is 9.25. The summed E-state index contributed by atoms with van der Waals surface area (Å²) in [6, 6.07) is 3.48. The Morgan fingerprint density at radius 3 is 3.00 bits per heavy atom. The first-order valence-corrected chi connectivity index (χ1v) is 6.74. The van der Waals surface area contributed by atoms with Crippen LogP contribution in [0.3, 0.4) is 0 Å². The van der Waals surface area contributed by atoms with Crippen molar-refractivity contribution in [2.45, 2.75) is 38.3 Å². The molecule has 0 radical (unpaired) electrons. The van der Waals surface area contributed by atoms with Gasteiger partial charge in [0.2, 0.25) is 0 Å². The molecule has 1 aliphatic rings. The van der Waals surface area contributed by atoms with Crippen LogP contribution in [0.4, 0.5) is 0 Å². The van der Waals surface area contributed by atoms with Crippen LogP contribution in [-0.4, -0.2) is 25.7 Å². The lowest BCUT2D eigenvalue weighted by molar-refractivity contribution is 0.0600. The third kappa shape index (κ3) is 2.38. The second-order valence-corrected chi connectivity index (χ2v) is 5.19. The zero-order valence-corrected chi connectivity index (χ0v) is 10.7. The predicted octanol–water partition coefficient (Wildman–Crippen LogP) is 1.34. The number of aromatic nitrogens is 3. The summed E-state index contributed by atoms with van der Waals surface area (Å²) in [5.74, 6) is 0.155. The molecule has 0 amide bonds. The Morgan fingerprint density at radius 2 is 2.16 bits per heavy atom. The minimum atomic E-state index is -0.301. The molecule has 2 heterocycles. The highest BCUT2D eigenvalue weighted by molar-refractivity contribution is 5.72. The van der Waals surface area contributed by atoms with Crippen molar-refractivity contribution in [2.24, 2.45) is 5.92 Å². The molecule has 1 N–H and O–H groups in total. The van der Waals surface area contributed by atoms with Gasteiger partial charge in [-0.1, -0.05) is 12.8 Å². The van der Waals surface area contributed by atoms with Gasteiger partial charge in [-0.3, -0.25) is 9.36 Å². The van der Waals surface area contributed by atoms with Crippen molar-refractivity contribution in [3.63, 3.8) is 0 Å². The molecule has 0 aliphatic heterocycles. The van der Waals surface area contributed by atoms with Crippen LogP contribution in [-0.2, 0) is 6.54 Å². The minimum Gasteiger partial charge on any atom is -0.393 e. The summed E-state index contributed by atoms with van der Waals surface area (Å²) in [5, 5.41) is 10.5. The Labute approximate surface area is 110 Å². The highest BCUT2D eigenvalue weighted by Crippen LogP contribution is 2.25. The maximum absolute atomic E-state index is 12.3. The lowest BCUT2D eigenvalue weighted by atomic mass is 9.86. The Balaban J connectivity index is 1.93. The van der Waals surface area contributed by atoms with E-state index in [0.717, 1.165) is 25.7 Å². The molecule has 0 bridgehead atoms. The van der Waals surface area contributed by atoms with Crippen molar-refractivity contribution in [2.75, 3.05) is 0 Å². The maximum Gasteiger partial charge on any atom is 0.262 e. The molecule has 0 unspecified atom stereocenters. The van der Waals surface area contributed by atoms with E-state index >= 15 is 0 Å². The molecule has 0 aromatic carbocycles. The third-order valence-corrected chi connectivity index (χ3v) is 3.90. The second-order valence-electron chi connectivity index (χ2n) is 5.19. The van der Waals surface area contributed by atoms with Crippen molar-refractivity contribution in [1.82, 2.24) is 14.5 Å². The standard InChI is InChI=1S/C14H17N3O2/c18-12-6-2-1-4-10(12)8-17-9-16-13-11(14(17)19)5-3-7-15-13/h3,5,7,9-10,12,18H,1-2,4,6,8H2/t10-,12-/m1/s1. The molecular weight excluding hydrogens is 242 g/mol. The Bertz CT molecular complexity index is 638. The number of pyridine rings is 1. The molecular formula is C14H17N3O2. The van der Waals surface area contributed by atoms with E-state index in [1.165, 1.54) is 0 Å². The van der Waals surface area contributed by atoms with Gasteiger partial charge < -0.3 is 5.11 Å². The van der Waals surface area contributed by atoms with Crippen LogP contribution in [0.25, 0.3) is 11.0 Å². The summed E-state index contributed by atoms with van der Waals surface area (Å²) in [7, 11) is 0. The number of aliphatic hydroxyl groups is 1. The number of hydrogen-bond donors (Lipinski definition) is 1. The first-order valence-electron chi connectivity index (χ1n) is 6.74. The van der Waals surface area contributed by atoms with Crippen LogP contribution in [0.2, 0.25) is 0 Å². The van der Waals surface area contributed by atoms with Gasteiger partial charge >= 0.3 is 0 Å². The Kier molecular flexibility index (Phi) is 3.29. The smallest absolute Gasteiger partial charge is 0.262 e. The molecule has 5 nitrogen and oxygen atoms in total. The summed E-state index contributed by atoms with van der Waals surface area (Å²) < 4.78 is 1.60. The molecule has 19 heavy (non-hydrogen) atoms. The van der Waals surface area contributed by atoms with E-state index in [1.54, 1.807) is 29.2 Å². The molecule has 1 fully saturated rings. The van der Waals surface area contributed by atoms with E-state index in [4.69, 9.17) is 0 Å². The molecule has 0 saturated heterocycles. The van der Waals surface area contributed by atoms with Crippen LogP contribution in [0.15, 0.2) is 29.5 Å². The van der Waals surface area contributed by atoms with Gasteiger partial charge in [-0.2, -0.15) is 0 Å². The Morgan fingerprint density at radius 1 is 1.32 bits per heavy atom. The van der Waals surface area contributed by atoms with E-state index in [2.05, 4.69) is 9.97 Å². The third-order valence-electron chi connectivity index (χ3n) is 3.90. The van der Waals surface area contributed by atoms with Crippen LogP contribution in [0.1, 0.15) is 25.7 Å². The SMILES string of the molecule is O=c1c2cccnc2ncn1C[C@H]1CCCC[C@H]1O. The lowest BCUT2D eigenvalue weighted by Crippen LogP contribution is -2.32. The van der Waals surface area contributed by atoms with Crippen molar-refractivity contribution >= 4 is 11.0 Å². The van der Waals surface area contributed by atoms with E-state index in [1.807, 2.05) is 0 Å². The van der Waals surface area contributed by atoms with E-state index in [-0.39, 0.29) is 17.6 Å². The van der Waals surface area contributed by atoms with Crippen LogP contribution < -0.4 is 5.56 Å². The zero-order valence-electron chi connectivity index (χ0n) is 10.7. The summed E-state index contributed by atoms with van der Waals surface area (Å²) >= 11 is 0. The van der Waals surface area contributed by atoms with Crippen molar-refractivity contribution in [1.29, 1.82) is 0 Å². The fourth-order valence-corrected chi connectivity index (χ4v) is 2.78. The highest BCUT2D eigenvalue weighted by atomic mass is 16.3. The van der Waals surface area contributed by atoms with Crippen molar-refractivity contribution in [3.05, 3.63) is 35.0 Å². The van der Waals surface area contributed by atoms with Gasteiger partial charge in [-0.25, -0.2) is 9.97 Å². The van der Waals surface area contributed by atoms with Gasteiger partial charge in [-0.05, 0) is 25.0 Å². The van der Waals surface area contributed by atoms with E-state index in [9.17, 15) is 9.90 Å². The lowest BCUT2D eigenvalue weighted by Gasteiger charge is -2.27. The summed E-state index contributed by atoms with van der Waals surface area (Å²) in [6.45, 7) is 0.540. The zero-order chi connectivity index (χ0) is 13.2. The van der Waals surface area contributed by atoms with Gasteiger partial charge in [0.05, 0.1) is 17.8 Å². The molecule has 100 valence electrons. The van der Waals surface area contributed by atoms with Crippen molar-refractivity contribution in [3.8, 4) is 0 Å². The topological polar surface area (TPSA) is 68.0 Å². The fourth-order valence-electron chi connectivity index (χ4n) is 2.78. The van der Waals surface area contributed by atoms with Crippen LogP contribution in [0, 0.1) is 5.92 Å². The average Bonchev–Trinajstić information content (AvgIpc) is 2.44. The molecule has 1 aliphatic carbocycles. The summed E-state index contributed by atoms with van der Waals surface area (Å²) in [4.78, 5) is 20.6. The van der Waals surface area contributed by atoms with Gasteiger partial charge in [0.1, 0.15) is 0 Å². The van der Waals surface area contributed by atoms with Gasteiger partial charge in [0.15, 0.2) is 5.65 Å². The second kappa shape index (κ2) is 5.09. The molecule has 1 saturated carbocycles. The predicted molar refractivity (Wildman–Crippen MR) is 71.8 cm³/mol. The molecule has 2 aromatic rings. The van der Waals surface area contributed by atoms with Gasteiger partial charge in [-0.15, -0.1) is 0 Å². The fraction of sp³-hybridized carbons (Fsp3) is 0.500. The largest absolute Gasteiger partial charge is 0.393 e. The monoisotopic (exact) mass is 259 g/mol. The summed E-state index contributed by atoms with van der Waals surface area (Å²) in [5.41, 5.74) is 0.406. The van der Waals surface area contributed by atoms with Crippen LogP contribution in [0.5, 0.6) is 0 Å². The quantitative estimate of drug-likeness (QED) is 0.883.